The number of rotatable bonds is 4. The third kappa shape index (κ3) is 2.50. The highest BCUT2D eigenvalue weighted by Crippen LogP contribution is 2.46. The lowest BCUT2D eigenvalue weighted by atomic mass is 9.62. The molecule has 0 aromatic heterocycles. The van der Waals surface area contributed by atoms with Gasteiger partial charge in [0.15, 0.2) is 0 Å². The predicted octanol–water partition coefficient (Wildman–Crippen LogP) is 1.81. The lowest BCUT2D eigenvalue weighted by molar-refractivity contribution is -0.133. The molecule has 1 aliphatic heterocycles. The SMILES string of the molecule is CC1CC(C(=O)NCC2Cc3ccccc3O2)(C(N)=S)C1. The van der Waals surface area contributed by atoms with Crippen molar-refractivity contribution in [2.75, 3.05) is 6.54 Å². The van der Waals surface area contributed by atoms with Gasteiger partial charge < -0.3 is 15.8 Å². The number of carbonyl (C=O) groups is 1. The van der Waals surface area contributed by atoms with Gasteiger partial charge in [0.1, 0.15) is 11.9 Å². The quantitative estimate of drug-likeness (QED) is 0.833. The topological polar surface area (TPSA) is 64.3 Å². The lowest BCUT2D eigenvalue weighted by Crippen LogP contribution is -2.56. The summed E-state index contributed by atoms with van der Waals surface area (Å²) < 4.78 is 5.82. The van der Waals surface area contributed by atoms with E-state index in [1.165, 1.54) is 5.56 Å². The lowest BCUT2D eigenvalue weighted by Gasteiger charge is -2.44. The normalized spacial score (nSPS) is 30.0. The number of hydrogen-bond acceptors (Lipinski definition) is 3. The van der Waals surface area contributed by atoms with Crippen molar-refractivity contribution in [3.8, 4) is 5.75 Å². The van der Waals surface area contributed by atoms with Crippen LogP contribution in [0.1, 0.15) is 25.3 Å². The molecule has 4 nitrogen and oxygen atoms in total. The number of para-hydroxylation sites is 1. The van der Waals surface area contributed by atoms with Crippen molar-refractivity contribution in [2.24, 2.45) is 17.1 Å². The molecule has 3 rings (SSSR count). The Balaban J connectivity index is 1.57. The second kappa shape index (κ2) is 5.30. The second-order valence-corrected chi connectivity index (χ2v) is 6.66. The molecule has 1 unspecified atom stereocenters. The van der Waals surface area contributed by atoms with E-state index in [0.29, 0.717) is 17.5 Å². The van der Waals surface area contributed by atoms with Gasteiger partial charge in [0, 0.05) is 6.42 Å². The summed E-state index contributed by atoms with van der Waals surface area (Å²) in [6, 6.07) is 7.97. The zero-order valence-electron chi connectivity index (χ0n) is 12.1. The second-order valence-electron chi connectivity index (χ2n) is 6.22. The monoisotopic (exact) mass is 304 g/mol. The van der Waals surface area contributed by atoms with Crippen LogP contribution in [0.5, 0.6) is 5.75 Å². The fraction of sp³-hybridized carbons (Fsp3) is 0.500. The summed E-state index contributed by atoms with van der Waals surface area (Å²) >= 11 is 5.10. The summed E-state index contributed by atoms with van der Waals surface area (Å²) in [7, 11) is 0. The molecule has 21 heavy (non-hydrogen) atoms. The Kier molecular flexibility index (Phi) is 3.61. The molecule has 1 amide bonds. The molecular weight excluding hydrogens is 284 g/mol. The molecule has 1 fully saturated rings. The maximum Gasteiger partial charge on any atom is 0.233 e. The first-order chi connectivity index (χ1) is 10.0. The Labute approximate surface area is 130 Å². The molecule has 112 valence electrons. The maximum atomic E-state index is 12.4. The van der Waals surface area contributed by atoms with E-state index in [4.69, 9.17) is 22.7 Å². The van der Waals surface area contributed by atoms with Crippen molar-refractivity contribution >= 4 is 23.1 Å². The number of fused-ring (bicyclic) bond motifs is 1. The molecular formula is C16H20N2O2S. The fourth-order valence-electron chi connectivity index (χ4n) is 3.37. The number of amides is 1. The van der Waals surface area contributed by atoms with Crippen LogP contribution in [0.3, 0.4) is 0 Å². The van der Waals surface area contributed by atoms with Crippen molar-refractivity contribution in [1.29, 1.82) is 0 Å². The first-order valence-corrected chi connectivity index (χ1v) is 7.75. The minimum atomic E-state index is -0.639. The molecule has 1 atom stereocenters. The largest absolute Gasteiger partial charge is 0.488 e. The van der Waals surface area contributed by atoms with E-state index in [2.05, 4.69) is 18.3 Å². The third-order valence-corrected chi connectivity index (χ3v) is 4.90. The molecule has 0 bridgehead atoms. The molecule has 1 aromatic rings. The fourth-order valence-corrected chi connectivity index (χ4v) is 3.63. The van der Waals surface area contributed by atoms with Crippen molar-refractivity contribution in [1.82, 2.24) is 5.32 Å². The Morgan fingerprint density at radius 1 is 1.48 bits per heavy atom. The van der Waals surface area contributed by atoms with E-state index in [1.807, 2.05) is 18.2 Å². The minimum absolute atomic E-state index is 0.00718. The Morgan fingerprint density at radius 2 is 2.19 bits per heavy atom. The van der Waals surface area contributed by atoms with Gasteiger partial charge in [0.2, 0.25) is 5.91 Å². The summed E-state index contributed by atoms with van der Waals surface area (Å²) in [6.07, 6.45) is 2.32. The molecule has 1 aliphatic carbocycles. The van der Waals surface area contributed by atoms with E-state index in [-0.39, 0.29) is 12.0 Å². The third-order valence-electron chi connectivity index (χ3n) is 4.50. The van der Waals surface area contributed by atoms with E-state index in [1.54, 1.807) is 0 Å². The van der Waals surface area contributed by atoms with Crippen LogP contribution in [0.25, 0.3) is 0 Å². The first-order valence-electron chi connectivity index (χ1n) is 7.34. The van der Waals surface area contributed by atoms with Gasteiger partial charge in [0.05, 0.1) is 16.9 Å². The first kappa shape index (κ1) is 14.3. The number of hydrogen-bond donors (Lipinski definition) is 2. The molecule has 2 aliphatic rings. The van der Waals surface area contributed by atoms with Crippen LogP contribution in [-0.2, 0) is 11.2 Å². The summed E-state index contributed by atoms with van der Waals surface area (Å²) in [5.41, 5.74) is 6.34. The van der Waals surface area contributed by atoms with Crippen LogP contribution in [0.2, 0.25) is 0 Å². The van der Waals surface area contributed by atoms with E-state index >= 15 is 0 Å². The number of thiocarbonyl (C=S) groups is 1. The highest BCUT2D eigenvalue weighted by atomic mass is 32.1. The Hall–Kier alpha value is -1.62. The van der Waals surface area contributed by atoms with Gasteiger partial charge in [-0.3, -0.25) is 4.79 Å². The predicted molar refractivity (Wildman–Crippen MR) is 85.2 cm³/mol. The summed E-state index contributed by atoms with van der Waals surface area (Å²) in [5, 5.41) is 2.97. The van der Waals surface area contributed by atoms with E-state index in [9.17, 15) is 4.79 Å². The molecule has 1 aromatic carbocycles. The van der Waals surface area contributed by atoms with Crippen molar-refractivity contribution in [2.45, 2.75) is 32.3 Å². The van der Waals surface area contributed by atoms with Gasteiger partial charge in [-0.05, 0) is 30.4 Å². The Bertz CT molecular complexity index is 556. The molecule has 5 heteroatoms. The number of nitrogens with two attached hydrogens (primary N) is 1. The van der Waals surface area contributed by atoms with Gasteiger partial charge in [-0.1, -0.05) is 37.3 Å². The van der Waals surface area contributed by atoms with Gasteiger partial charge >= 0.3 is 0 Å². The summed E-state index contributed by atoms with van der Waals surface area (Å²) in [5.74, 6) is 1.37. The zero-order chi connectivity index (χ0) is 15.0. The number of benzene rings is 1. The summed E-state index contributed by atoms with van der Waals surface area (Å²) in [4.78, 5) is 12.7. The summed E-state index contributed by atoms with van der Waals surface area (Å²) in [6.45, 7) is 2.60. The zero-order valence-corrected chi connectivity index (χ0v) is 12.9. The molecule has 0 spiro atoms. The smallest absolute Gasteiger partial charge is 0.233 e. The van der Waals surface area contributed by atoms with Crippen LogP contribution in [0.4, 0.5) is 0 Å². The molecule has 3 N–H and O–H groups in total. The van der Waals surface area contributed by atoms with Crippen molar-refractivity contribution < 1.29 is 9.53 Å². The van der Waals surface area contributed by atoms with Gasteiger partial charge in [-0.2, -0.15) is 0 Å². The molecule has 1 heterocycles. The Morgan fingerprint density at radius 3 is 2.81 bits per heavy atom. The van der Waals surface area contributed by atoms with Gasteiger partial charge in [-0.25, -0.2) is 0 Å². The van der Waals surface area contributed by atoms with Crippen LogP contribution in [-0.4, -0.2) is 23.5 Å². The number of carbonyl (C=O) groups excluding carboxylic acids is 1. The molecule has 0 radical (unpaired) electrons. The number of nitrogens with one attached hydrogen (secondary N) is 1. The highest BCUT2D eigenvalue weighted by molar-refractivity contribution is 7.80. The molecule has 1 saturated carbocycles. The maximum absolute atomic E-state index is 12.4. The van der Waals surface area contributed by atoms with Gasteiger partial charge in [-0.15, -0.1) is 0 Å². The van der Waals surface area contributed by atoms with E-state index < -0.39 is 5.41 Å². The average molecular weight is 304 g/mol. The molecule has 0 saturated heterocycles. The van der Waals surface area contributed by atoms with E-state index in [0.717, 1.165) is 25.0 Å². The van der Waals surface area contributed by atoms with Gasteiger partial charge in [0.25, 0.3) is 0 Å². The van der Waals surface area contributed by atoms with Crippen LogP contribution in [0.15, 0.2) is 24.3 Å². The van der Waals surface area contributed by atoms with Crippen molar-refractivity contribution in [3.63, 3.8) is 0 Å². The van der Waals surface area contributed by atoms with Crippen molar-refractivity contribution in [3.05, 3.63) is 29.8 Å². The number of ether oxygens (including phenoxy) is 1. The highest BCUT2D eigenvalue weighted by Gasteiger charge is 2.50. The minimum Gasteiger partial charge on any atom is -0.488 e. The van der Waals surface area contributed by atoms with Crippen LogP contribution >= 0.6 is 12.2 Å². The average Bonchev–Trinajstić information content (AvgIpc) is 2.83. The van der Waals surface area contributed by atoms with Crippen LogP contribution < -0.4 is 15.8 Å². The standard InChI is InChI=1S/C16H20N2O2S/c1-10-7-16(8-10,14(17)21)15(19)18-9-12-6-11-4-2-3-5-13(11)20-12/h2-5,10,12H,6-9H2,1H3,(H2,17,21)(H,18,19). The van der Waals surface area contributed by atoms with Crippen LogP contribution in [0, 0.1) is 11.3 Å².